The number of benzene rings is 1. The van der Waals surface area contributed by atoms with Crippen LogP contribution >= 0.6 is 0 Å². The number of hydrogen-bond acceptors (Lipinski definition) is 4. The van der Waals surface area contributed by atoms with Gasteiger partial charge in [-0.1, -0.05) is 0 Å². The van der Waals surface area contributed by atoms with Crippen molar-refractivity contribution in [3.8, 4) is 0 Å². The standard InChI is InChI=1S/C16H25N3O2/c1-2-21-11-5-8-18-15-7-6-13(12-14(15)17)16(20)19-9-3-4-10-19/h6-7,12,18H,2-5,8-11,17H2,1H3. The van der Waals surface area contributed by atoms with Gasteiger partial charge in [0, 0.05) is 38.4 Å². The van der Waals surface area contributed by atoms with Gasteiger partial charge in [-0.2, -0.15) is 0 Å². The van der Waals surface area contributed by atoms with E-state index < -0.39 is 0 Å². The molecule has 1 amide bonds. The number of nitrogens with one attached hydrogen (secondary N) is 1. The fourth-order valence-electron chi connectivity index (χ4n) is 2.50. The van der Waals surface area contributed by atoms with Gasteiger partial charge in [-0.3, -0.25) is 4.79 Å². The van der Waals surface area contributed by atoms with Crippen molar-refractivity contribution < 1.29 is 9.53 Å². The van der Waals surface area contributed by atoms with E-state index in [0.717, 1.165) is 57.8 Å². The SMILES string of the molecule is CCOCCCNc1ccc(C(=O)N2CCCC2)cc1N. The van der Waals surface area contributed by atoms with E-state index >= 15 is 0 Å². The summed E-state index contributed by atoms with van der Waals surface area (Å²) in [5.41, 5.74) is 8.21. The van der Waals surface area contributed by atoms with Crippen molar-refractivity contribution in [2.24, 2.45) is 0 Å². The smallest absolute Gasteiger partial charge is 0.253 e. The third-order valence-corrected chi connectivity index (χ3v) is 3.68. The molecule has 21 heavy (non-hydrogen) atoms. The Morgan fingerprint density at radius 1 is 1.38 bits per heavy atom. The van der Waals surface area contributed by atoms with Gasteiger partial charge in [0.2, 0.25) is 0 Å². The van der Waals surface area contributed by atoms with Gasteiger partial charge in [0.15, 0.2) is 0 Å². The second-order valence-electron chi connectivity index (χ2n) is 5.28. The number of likely N-dealkylation sites (tertiary alicyclic amines) is 1. The van der Waals surface area contributed by atoms with Crippen molar-refractivity contribution in [2.45, 2.75) is 26.2 Å². The van der Waals surface area contributed by atoms with E-state index in [2.05, 4.69) is 5.32 Å². The Kier molecular flexibility index (Phi) is 5.87. The largest absolute Gasteiger partial charge is 0.397 e. The molecule has 0 atom stereocenters. The Bertz CT molecular complexity index is 471. The molecule has 1 fully saturated rings. The van der Waals surface area contributed by atoms with Crippen molar-refractivity contribution in [1.82, 2.24) is 4.90 Å². The van der Waals surface area contributed by atoms with Crippen LogP contribution in [0.4, 0.5) is 11.4 Å². The van der Waals surface area contributed by atoms with Crippen molar-refractivity contribution >= 4 is 17.3 Å². The third-order valence-electron chi connectivity index (χ3n) is 3.68. The molecule has 5 heteroatoms. The van der Waals surface area contributed by atoms with Crippen molar-refractivity contribution in [3.05, 3.63) is 23.8 Å². The quantitative estimate of drug-likeness (QED) is 0.598. The van der Waals surface area contributed by atoms with Crippen LogP contribution in [0.15, 0.2) is 18.2 Å². The Hall–Kier alpha value is -1.75. The zero-order valence-electron chi connectivity index (χ0n) is 12.7. The van der Waals surface area contributed by atoms with Gasteiger partial charge in [-0.15, -0.1) is 0 Å². The van der Waals surface area contributed by atoms with E-state index in [-0.39, 0.29) is 5.91 Å². The minimum Gasteiger partial charge on any atom is -0.397 e. The van der Waals surface area contributed by atoms with Gasteiger partial charge < -0.3 is 20.7 Å². The summed E-state index contributed by atoms with van der Waals surface area (Å²) in [6.07, 6.45) is 3.13. The lowest BCUT2D eigenvalue weighted by Crippen LogP contribution is -2.27. The minimum atomic E-state index is 0.0853. The minimum absolute atomic E-state index is 0.0853. The van der Waals surface area contributed by atoms with Crippen LogP contribution in [0.5, 0.6) is 0 Å². The van der Waals surface area contributed by atoms with Crippen LogP contribution < -0.4 is 11.1 Å². The highest BCUT2D eigenvalue weighted by Crippen LogP contribution is 2.22. The number of rotatable bonds is 7. The van der Waals surface area contributed by atoms with Gasteiger partial charge in [0.1, 0.15) is 0 Å². The van der Waals surface area contributed by atoms with Crippen molar-refractivity contribution in [2.75, 3.05) is 43.9 Å². The average molecular weight is 291 g/mol. The molecule has 2 rings (SSSR count). The molecule has 0 aliphatic carbocycles. The lowest BCUT2D eigenvalue weighted by molar-refractivity contribution is 0.0793. The molecular formula is C16H25N3O2. The molecule has 5 nitrogen and oxygen atoms in total. The van der Waals surface area contributed by atoms with Crippen LogP contribution in [0.2, 0.25) is 0 Å². The van der Waals surface area contributed by atoms with Gasteiger partial charge in [-0.25, -0.2) is 0 Å². The van der Waals surface area contributed by atoms with Crippen LogP contribution in [-0.4, -0.2) is 43.7 Å². The first-order valence-corrected chi connectivity index (χ1v) is 7.72. The summed E-state index contributed by atoms with van der Waals surface area (Å²) in [6, 6.07) is 5.51. The number of carbonyl (C=O) groups is 1. The molecule has 1 heterocycles. The topological polar surface area (TPSA) is 67.6 Å². The molecule has 1 aromatic rings. The number of hydrogen-bond donors (Lipinski definition) is 2. The maximum absolute atomic E-state index is 12.3. The van der Waals surface area contributed by atoms with E-state index in [1.54, 1.807) is 6.07 Å². The highest BCUT2D eigenvalue weighted by molar-refractivity contribution is 5.96. The first kappa shape index (κ1) is 15.6. The van der Waals surface area contributed by atoms with Gasteiger partial charge >= 0.3 is 0 Å². The van der Waals surface area contributed by atoms with E-state index in [1.165, 1.54) is 0 Å². The fourth-order valence-corrected chi connectivity index (χ4v) is 2.50. The number of anilines is 2. The highest BCUT2D eigenvalue weighted by atomic mass is 16.5. The fraction of sp³-hybridized carbons (Fsp3) is 0.562. The lowest BCUT2D eigenvalue weighted by Gasteiger charge is -2.16. The van der Waals surface area contributed by atoms with E-state index in [4.69, 9.17) is 10.5 Å². The van der Waals surface area contributed by atoms with E-state index in [9.17, 15) is 4.79 Å². The number of amides is 1. The predicted octanol–water partition coefficient (Wildman–Crippen LogP) is 2.34. The molecule has 1 aliphatic heterocycles. The molecule has 0 aromatic heterocycles. The monoisotopic (exact) mass is 291 g/mol. The van der Waals surface area contributed by atoms with Crippen LogP contribution in [0.3, 0.4) is 0 Å². The predicted molar refractivity (Wildman–Crippen MR) is 85.6 cm³/mol. The Labute approximate surface area is 126 Å². The summed E-state index contributed by atoms with van der Waals surface area (Å²) in [5.74, 6) is 0.0853. The molecule has 1 aromatic carbocycles. The summed E-state index contributed by atoms with van der Waals surface area (Å²) in [5, 5.41) is 3.28. The second kappa shape index (κ2) is 7.88. The molecule has 1 saturated heterocycles. The number of nitrogens with zero attached hydrogens (tertiary/aromatic N) is 1. The maximum atomic E-state index is 12.3. The summed E-state index contributed by atoms with van der Waals surface area (Å²) < 4.78 is 5.29. The molecule has 116 valence electrons. The second-order valence-corrected chi connectivity index (χ2v) is 5.28. The van der Waals surface area contributed by atoms with Crippen LogP contribution in [0.25, 0.3) is 0 Å². The molecule has 0 spiro atoms. The molecule has 0 radical (unpaired) electrons. The number of ether oxygens (including phenoxy) is 1. The van der Waals surface area contributed by atoms with Gasteiger partial charge in [0.25, 0.3) is 5.91 Å². The Morgan fingerprint density at radius 3 is 2.81 bits per heavy atom. The summed E-state index contributed by atoms with van der Waals surface area (Å²) in [7, 11) is 0. The third kappa shape index (κ3) is 4.36. The van der Waals surface area contributed by atoms with Gasteiger partial charge in [0.05, 0.1) is 11.4 Å². The average Bonchev–Trinajstić information content (AvgIpc) is 3.02. The molecule has 0 unspecified atom stereocenters. The van der Waals surface area contributed by atoms with E-state index in [1.807, 2.05) is 24.0 Å². The number of nitrogens with two attached hydrogens (primary N) is 1. The normalized spacial score (nSPS) is 14.4. The van der Waals surface area contributed by atoms with E-state index in [0.29, 0.717) is 11.3 Å². The first-order valence-electron chi connectivity index (χ1n) is 7.72. The summed E-state index contributed by atoms with van der Waals surface area (Å²) in [6.45, 7) is 6.00. The Morgan fingerprint density at radius 2 is 2.14 bits per heavy atom. The van der Waals surface area contributed by atoms with Crippen molar-refractivity contribution in [1.29, 1.82) is 0 Å². The first-order chi connectivity index (χ1) is 10.2. The summed E-state index contributed by atoms with van der Waals surface area (Å²) >= 11 is 0. The summed E-state index contributed by atoms with van der Waals surface area (Å²) in [4.78, 5) is 14.2. The molecule has 3 N–H and O–H groups in total. The van der Waals surface area contributed by atoms with Crippen molar-refractivity contribution in [3.63, 3.8) is 0 Å². The zero-order chi connectivity index (χ0) is 15.1. The Balaban J connectivity index is 1.89. The number of carbonyl (C=O) groups excluding carboxylic acids is 1. The van der Waals surface area contributed by atoms with Crippen LogP contribution in [0, 0.1) is 0 Å². The molecule has 0 saturated carbocycles. The van der Waals surface area contributed by atoms with Crippen LogP contribution in [-0.2, 0) is 4.74 Å². The maximum Gasteiger partial charge on any atom is 0.253 e. The molecule has 0 bridgehead atoms. The van der Waals surface area contributed by atoms with Gasteiger partial charge in [-0.05, 0) is 44.4 Å². The highest BCUT2D eigenvalue weighted by Gasteiger charge is 2.19. The number of nitrogen functional groups attached to an aromatic ring is 1. The zero-order valence-corrected chi connectivity index (χ0v) is 12.7. The molecule has 1 aliphatic rings. The van der Waals surface area contributed by atoms with Crippen LogP contribution in [0.1, 0.15) is 36.5 Å². The molecular weight excluding hydrogens is 266 g/mol. The lowest BCUT2D eigenvalue weighted by atomic mass is 10.1.